The summed E-state index contributed by atoms with van der Waals surface area (Å²) < 4.78 is 142. The van der Waals surface area contributed by atoms with E-state index in [-0.39, 0.29) is 106 Å². The number of carbonyl (C=O) groups is 3. The maximum absolute atomic E-state index is 16.6. The molecule has 125 heavy (non-hydrogen) atoms. The molecule has 5 aromatic heterocycles. The molecule has 0 bridgehead atoms. The van der Waals surface area contributed by atoms with E-state index >= 15 is 18.3 Å². The maximum Gasteiger partial charge on any atom is 0.351 e. The Hall–Kier alpha value is -8.91. The zero-order valence-corrected chi connectivity index (χ0v) is 75.3. The van der Waals surface area contributed by atoms with Crippen LogP contribution in [0.4, 0.5) is 17.5 Å². The van der Waals surface area contributed by atoms with Crippen LogP contribution in [-0.2, 0) is 60.0 Å². The lowest BCUT2D eigenvalue weighted by Crippen LogP contribution is -2.51. The number of nitrogens with one attached hydrogen (secondary N) is 5. The fourth-order valence-electron chi connectivity index (χ4n) is 15.1. The summed E-state index contributed by atoms with van der Waals surface area (Å²) in [6.45, 7) is 5.60. The zero-order valence-electron chi connectivity index (χ0n) is 71.8. The highest BCUT2D eigenvalue weighted by Gasteiger charge is 2.51. The van der Waals surface area contributed by atoms with Crippen molar-refractivity contribution in [3.63, 3.8) is 0 Å². The molecule has 5 fully saturated rings. The van der Waals surface area contributed by atoms with Gasteiger partial charge in [0.25, 0.3) is 22.9 Å². The number of hydrogen-bond donors (Lipinski definition) is 5. The highest BCUT2D eigenvalue weighted by atomic mass is 31.2. The SMILES string of the molecule is CC[C@@H]1CN([P@@](=O)(OC[C@@H]2CN([P@@](=O)(OC[C@@H]3CN([P@@](=O)(OC[C@@H]4CN([P@@](=O)(OC[C@@H]5CCC[C@H](n6cc(C)c(=O)[nH]c6=O)O5)N(C)C)C[C@H](n5cc(C)c(=O)[nH]c5=O)O4)N(C)C)C[C@H](n4cnc5c4NC(=NCC(C)C)CC5=O)O3)N(C)C)C[C@H](n3ccc(NC(=O)c4ccccc4)nc3=O)O2)N(C)C)C[C@H](n2ccc(NC(=O)c3ccccc3)nc2=O)O1. The van der Waals surface area contributed by atoms with Crippen molar-refractivity contribution >= 4 is 71.6 Å². The van der Waals surface area contributed by atoms with E-state index in [1.165, 1.54) is 120 Å². The number of imidazole rings is 1. The fraction of sp³-hybridized carbons (Fsp3) is 0.545. The first kappa shape index (κ1) is 93.7. The number of amides is 2. The van der Waals surface area contributed by atoms with E-state index in [0.29, 0.717) is 54.8 Å². The van der Waals surface area contributed by atoms with Crippen molar-refractivity contribution < 1.29 is 74.4 Å². The highest BCUT2D eigenvalue weighted by Crippen LogP contribution is 2.60. The Morgan fingerprint density at radius 1 is 0.504 bits per heavy atom. The number of carbonyl (C=O) groups excluding carboxylic acids is 3. The first-order valence-corrected chi connectivity index (χ1v) is 47.0. The number of aliphatic imine (C=N–C) groups is 1. The number of Topliss-reactive ketones (excluding diaryl/α,β-unsaturated/α-hetero) is 1. The normalized spacial score (nSPS) is 24.9. The third-order valence-corrected chi connectivity index (χ3v) is 32.0. The van der Waals surface area contributed by atoms with E-state index in [4.69, 9.17) is 46.8 Å². The van der Waals surface area contributed by atoms with Gasteiger partial charge >= 0.3 is 53.4 Å². The van der Waals surface area contributed by atoms with Gasteiger partial charge in [-0.15, -0.1) is 0 Å². The van der Waals surface area contributed by atoms with Crippen LogP contribution in [-0.4, -0.2) is 281 Å². The quantitative estimate of drug-likeness (QED) is 0.0316. The summed E-state index contributed by atoms with van der Waals surface area (Å²) >= 11 is 0. The molecule has 0 unspecified atom stereocenters. The predicted molar refractivity (Wildman–Crippen MR) is 459 cm³/mol. The molecule has 0 aliphatic carbocycles. The molecule has 44 nitrogen and oxygen atoms in total. The zero-order chi connectivity index (χ0) is 89.7. The number of ether oxygens (including phenoxy) is 5. The Labute approximate surface area is 719 Å². The Kier molecular flexibility index (Phi) is 29.8. The minimum absolute atomic E-state index is 0.0146. The Bertz CT molecular complexity index is 5690. The van der Waals surface area contributed by atoms with Gasteiger partial charge in [0, 0.05) is 79.8 Å². The van der Waals surface area contributed by atoms with E-state index in [1.807, 2.05) is 20.8 Å². The molecule has 0 spiro atoms. The molecule has 2 amide bonds. The number of ketones is 1. The number of anilines is 3. The minimum Gasteiger partial charge on any atom is -0.352 e. The molecular weight excluding hydrogens is 1710 g/mol. The molecule has 48 heteroatoms. The first-order valence-electron chi connectivity index (χ1n) is 40.9. The van der Waals surface area contributed by atoms with Crippen molar-refractivity contribution in [3.05, 3.63) is 195 Å². The van der Waals surface area contributed by atoms with Crippen LogP contribution >= 0.6 is 30.7 Å². The average Bonchev–Trinajstić information content (AvgIpc) is 1.61. The number of morpholine rings is 4. The van der Waals surface area contributed by atoms with Crippen LogP contribution < -0.4 is 49.8 Å². The Balaban J connectivity index is 0.795. The number of rotatable bonds is 32. The monoisotopic (exact) mass is 1820 g/mol. The molecule has 6 aliphatic heterocycles. The summed E-state index contributed by atoms with van der Waals surface area (Å²) in [5, 5.41) is 8.58. The number of H-pyrrole nitrogens is 2. The number of amidine groups is 1. The number of aromatic amines is 2. The second-order valence-electron chi connectivity index (χ2n) is 32.3. The van der Waals surface area contributed by atoms with Crippen molar-refractivity contribution in [1.82, 2.24) is 85.1 Å². The molecule has 11 heterocycles. The molecule has 5 saturated heterocycles. The van der Waals surface area contributed by atoms with Gasteiger partial charge in [0.15, 0.2) is 24.5 Å². The van der Waals surface area contributed by atoms with Gasteiger partial charge < -0.3 is 57.7 Å². The molecule has 7 aromatic rings. The number of aromatic nitrogens is 10. The number of hydrogen-bond acceptors (Lipinski definition) is 26. The molecule has 6 aliphatic rings. The van der Waals surface area contributed by atoms with Gasteiger partial charge in [-0.2, -0.15) is 9.97 Å². The molecule has 14 atom stereocenters. The van der Waals surface area contributed by atoms with E-state index in [0.717, 1.165) is 9.13 Å². The van der Waals surface area contributed by atoms with Crippen molar-refractivity contribution in [2.75, 3.05) is 158 Å². The lowest BCUT2D eigenvalue weighted by Gasteiger charge is -2.46. The van der Waals surface area contributed by atoms with Gasteiger partial charge in [-0.3, -0.25) is 80.0 Å². The molecular formula is C77H108N22O22P4. The summed E-state index contributed by atoms with van der Waals surface area (Å²) in [6, 6.07) is 19.5. The van der Waals surface area contributed by atoms with E-state index in [9.17, 15) is 43.2 Å². The Morgan fingerprint density at radius 3 is 1.28 bits per heavy atom. The highest BCUT2D eigenvalue weighted by molar-refractivity contribution is 7.54. The molecule has 2 aromatic carbocycles. The standard InChI is InChI=1S/C77H108N22O22P4/c1-14-54-36-91(40-64(117-54)95-30-28-60(83-74(95)105)81-72(103)52-22-17-15-18-23-52)122(109,87(6)7)114-45-56-37-92(41-65(119-56)96-31-29-61(84-75(96)106)82-73(104)53-24-19-16-20-25-53)124(111,89(10)11)116-47-58-39-94(43-67(121-58)99-48-79-68-59(100)32-62(80-69(68)99)78-33-49(2)3)125(112,90(12)13)115-46-57-38-93(42-66(120-57)98-35-51(5)71(102)86-77(98)108)123(110,88(8)9)113-44-55-26-21-27-63(118-55)97-34-50(4)70(101)85-76(97)107/h15-20,22-25,28-31,34-35,48-49,54-58,63-67H,14,21,26-27,32-33,36-47H2,1-13H3,(H,78,80)(H,85,101,107)(H,86,102,108)(H,81,83,103,105)(H,82,84,104,106)/t54-,55+,56+,57+,58+,63-,64-,65-,66-,67-,122+,123+,124+,125+/m1/s1. The van der Waals surface area contributed by atoms with Crippen LogP contribution in [0.25, 0.3) is 0 Å². The van der Waals surface area contributed by atoms with Crippen LogP contribution in [0.5, 0.6) is 0 Å². The summed E-state index contributed by atoms with van der Waals surface area (Å²) in [4.78, 5) is 143. The van der Waals surface area contributed by atoms with Crippen LogP contribution in [0.3, 0.4) is 0 Å². The molecule has 0 radical (unpaired) electrons. The van der Waals surface area contributed by atoms with E-state index in [2.05, 4.69) is 40.9 Å². The van der Waals surface area contributed by atoms with Gasteiger partial charge in [-0.05, 0) is 138 Å². The minimum atomic E-state index is -4.51. The smallest absolute Gasteiger partial charge is 0.351 e. The number of fused-ring (bicyclic) bond motifs is 1. The van der Waals surface area contributed by atoms with Crippen LogP contribution in [0.1, 0.15) is 126 Å². The molecule has 5 N–H and O–H groups in total. The second-order valence-corrected chi connectivity index (χ2v) is 42.7. The summed E-state index contributed by atoms with van der Waals surface area (Å²) in [5.74, 6) is -0.814. The number of nitrogens with zero attached hydrogens (tertiary/aromatic N) is 17. The third kappa shape index (κ3) is 21.3. The number of aryl methyl sites for hydroxylation is 2. The molecule has 0 saturated carbocycles. The van der Waals surface area contributed by atoms with Gasteiger partial charge in [0.1, 0.15) is 41.4 Å². The van der Waals surface area contributed by atoms with Crippen LogP contribution in [0, 0.1) is 19.8 Å². The summed E-state index contributed by atoms with van der Waals surface area (Å²) in [7, 11) is -5.18. The van der Waals surface area contributed by atoms with Gasteiger partial charge in [0.2, 0.25) is 0 Å². The maximum atomic E-state index is 16.6. The third-order valence-electron chi connectivity index (χ3n) is 21.8. The summed E-state index contributed by atoms with van der Waals surface area (Å²) in [6.07, 6.45) is -2.06. The van der Waals surface area contributed by atoms with Crippen molar-refractivity contribution in [3.8, 4) is 0 Å². The average molecular weight is 1820 g/mol. The topological polar surface area (TPSA) is 474 Å². The van der Waals surface area contributed by atoms with Crippen molar-refractivity contribution in [2.45, 2.75) is 128 Å². The van der Waals surface area contributed by atoms with Crippen molar-refractivity contribution in [1.29, 1.82) is 0 Å². The second kappa shape index (κ2) is 39.8. The van der Waals surface area contributed by atoms with E-state index in [1.54, 1.807) is 105 Å². The lowest BCUT2D eigenvalue weighted by molar-refractivity contribution is -0.131. The largest absolute Gasteiger partial charge is 0.352 e. The van der Waals surface area contributed by atoms with Crippen LogP contribution in [0.2, 0.25) is 0 Å². The van der Waals surface area contributed by atoms with Gasteiger partial charge in [-0.1, -0.05) is 57.2 Å². The van der Waals surface area contributed by atoms with Crippen molar-refractivity contribution in [2.24, 2.45) is 10.9 Å². The van der Waals surface area contributed by atoms with E-state index < -0.39 is 158 Å². The first-order chi connectivity index (χ1) is 59.4. The molecule has 678 valence electrons. The lowest BCUT2D eigenvalue weighted by atomic mass is 10.1. The molecule has 13 rings (SSSR count). The van der Waals surface area contributed by atoms with Gasteiger partial charge in [-0.25, -0.2) is 61.5 Å². The fourth-order valence-corrected chi connectivity index (χ4v) is 23.1. The van der Waals surface area contributed by atoms with Crippen LogP contribution in [0.15, 0.2) is 138 Å². The Morgan fingerprint density at radius 2 is 0.880 bits per heavy atom. The number of benzene rings is 2. The summed E-state index contributed by atoms with van der Waals surface area (Å²) in [5.41, 5.74) is -3.27. The van der Waals surface area contributed by atoms with Gasteiger partial charge in [0.05, 0.1) is 95.9 Å². The predicted octanol–water partition coefficient (Wildman–Crippen LogP) is 5.69.